The fourth-order valence-corrected chi connectivity index (χ4v) is 2.40. The fraction of sp³-hybridized carbons (Fsp3) is 0.0625. The van der Waals surface area contributed by atoms with Crippen LogP contribution < -0.4 is 0 Å². The molecule has 2 heteroatoms. The monoisotopic (exact) mass is 254 g/mol. The minimum Gasteiger partial charge on any atom is -0.294 e. The molecule has 0 saturated carbocycles. The van der Waals surface area contributed by atoms with Gasteiger partial charge < -0.3 is 0 Å². The van der Waals surface area contributed by atoms with Crippen molar-refractivity contribution in [3.05, 3.63) is 71.1 Å². The van der Waals surface area contributed by atoms with E-state index in [9.17, 15) is 4.79 Å². The highest BCUT2D eigenvalue weighted by Crippen LogP contribution is 2.28. The number of thioether (sulfide) groups is 1. The molecule has 0 saturated heterocycles. The van der Waals surface area contributed by atoms with Crippen molar-refractivity contribution in [3.63, 3.8) is 0 Å². The Hall–Kier alpha value is -1.80. The van der Waals surface area contributed by atoms with Crippen LogP contribution in [0.1, 0.15) is 12.5 Å². The van der Waals surface area contributed by atoms with Crippen LogP contribution in [0.3, 0.4) is 0 Å². The van der Waals surface area contributed by atoms with Crippen molar-refractivity contribution < 1.29 is 4.79 Å². The highest BCUT2D eigenvalue weighted by Gasteiger charge is 2.06. The summed E-state index contributed by atoms with van der Waals surface area (Å²) in [5, 5.41) is 0. The van der Waals surface area contributed by atoms with Crippen LogP contribution in [-0.2, 0) is 4.79 Å². The molecule has 18 heavy (non-hydrogen) atoms. The maximum absolute atomic E-state index is 11.7. The second-order valence-electron chi connectivity index (χ2n) is 3.89. The fourth-order valence-electron chi connectivity index (χ4n) is 1.52. The molecule has 2 aromatic rings. The second kappa shape index (κ2) is 6.22. The molecule has 0 aliphatic carbocycles. The van der Waals surface area contributed by atoms with E-state index in [1.165, 1.54) is 11.8 Å². The number of carbonyl (C=O) groups excluding carboxylic acids is 1. The van der Waals surface area contributed by atoms with Gasteiger partial charge in [-0.15, -0.1) is 0 Å². The van der Waals surface area contributed by atoms with Crippen LogP contribution in [0.25, 0.3) is 6.08 Å². The molecule has 1 nitrogen and oxygen atoms in total. The molecule has 0 heterocycles. The van der Waals surface area contributed by atoms with Crippen LogP contribution in [0.5, 0.6) is 0 Å². The minimum atomic E-state index is 0.0905. The van der Waals surface area contributed by atoms with Crippen LogP contribution >= 0.6 is 11.8 Å². The first-order valence-electron chi connectivity index (χ1n) is 5.76. The Morgan fingerprint density at radius 1 is 0.944 bits per heavy atom. The number of hydrogen-bond acceptors (Lipinski definition) is 2. The Balaban J connectivity index is 2.25. The van der Waals surface area contributed by atoms with Crippen LogP contribution in [0.15, 0.2) is 70.5 Å². The van der Waals surface area contributed by atoms with Crippen molar-refractivity contribution in [2.75, 3.05) is 0 Å². The van der Waals surface area contributed by atoms with Gasteiger partial charge in [-0.05, 0) is 30.7 Å². The van der Waals surface area contributed by atoms with Gasteiger partial charge in [0.05, 0.1) is 4.91 Å². The summed E-state index contributed by atoms with van der Waals surface area (Å²) in [7, 11) is 0. The number of carbonyl (C=O) groups is 1. The van der Waals surface area contributed by atoms with Crippen molar-refractivity contribution >= 4 is 23.6 Å². The molecule has 0 fully saturated rings. The zero-order chi connectivity index (χ0) is 12.8. The lowest BCUT2D eigenvalue weighted by molar-refractivity contribution is -0.112. The molecular weight excluding hydrogens is 240 g/mol. The van der Waals surface area contributed by atoms with Gasteiger partial charge in [-0.3, -0.25) is 4.79 Å². The molecule has 2 rings (SSSR count). The second-order valence-corrected chi connectivity index (χ2v) is 5.01. The van der Waals surface area contributed by atoms with Gasteiger partial charge in [-0.25, -0.2) is 0 Å². The van der Waals surface area contributed by atoms with Crippen LogP contribution in [0, 0.1) is 0 Å². The van der Waals surface area contributed by atoms with E-state index in [2.05, 4.69) is 0 Å². The quantitative estimate of drug-likeness (QED) is 0.594. The third kappa shape index (κ3) is 3.60. The lowest BCUT2D eigenvalue weighted by Crippen LogP contribution is -1.92. The zero-order valence-corrected chi connectivity index (χ0v) is 11.0. The molecule has 0 N–H and O–H groups in total. The van der Waals surface area contributed by atoms with Gasteiger partial charge in [0.25, 0.3) is 0 Å². The van der Waals surface area contributed by atoms with Gasteiger partial charge in [-0.1, -0.05) is 60.3 Å². The minimum absolute atomic E-state index is 0.0905. The molecule has 90 valence electrons. The van der Waals surface area contributed by atoms with E-state index < -0.39 is 0 Å². The Kier molecular flexibility index (Phi) is 4.37. The number of allylic oxidation sites excluding steroid dienone is 1. The van der Waals surface area contributed by atoms with Crippen molar-refractivity contribution in [2.24, 2.45) is 0 Å². The van der Waals surface area contributed by atoms with Gasteiger partial charge in [0.1, 0.15) is 0 Å². The molecule has 0 amide bonds. The molecule has 0 unspecified atom stereocenters. The van der Waals surface area contributed by atoms with Gasteiger partial charge in [0.15, 0.2) is 5.78 Å². The molecule has 0 bridgehead atoms. The van der Waals surface area contributed by atoms with E-state index in [-0.39, 0.29) is 5.78 Å². The third-order valence-electron chi connectivity index (χ3n) is 2.42. The molecule has 0 spiro atoms. The lowest BCUT2D eigenvalue weighted by Gasteiger charge is -2.03. The molecular formula is C16H14OS. The normalized spacial score (nSPS) is 11.3. The summed E-state index contributed by atoms with van der Waals surface area (Å²) in [5.41, 5.74) is 1.05. The first-order valence-corrected chi connectivity index (χ1v) is 6.58. The van der Waals surface area contributed by atoms with E-state index in [1.807, 2.05) is 66.7 Å². The van der Waals surface area contributed by atoms with Gasteiger partial charge in [0, 0.05) is 4.90 Å². The third-order valence-corrected chi connectivity index (χ3v) is 3.55. The number of Topliss-reactive ketones (excluding diaryl/α,β-unsaturated/α-hetero) is 1. The topological polar surface area (TPSA) is 17.1 Å². The number of hydrogen-bond donors (Lipinski definition) is 0. The summed E-state index contributed by atoms with van der Waals surface area (Å²) in [6.07, 6.45) is 1.93. The standard InChI is InChI=1S/C16H14OS/c1-13(17)16(12-14-8-4-2-5-9-14)18-15-10-6-3-7-11-15/h2-12H,1H3. The highest BCUT2D eigenvalue weighted by atomic mass is 32.2. The van der Waals surface area contributed by atoms with Gasteiger partial charge >= 0.3 is 0 Å². The largest absolute Gasteiger partial charge is 0.294 e. The molecule has 0 aliphatic rings. The first-order chi connectivity index (χ1) is 8.75. The molecule has 0 aliphatic heterocycles. The van der Waals surface area contributed by atoms with Gasteiger partial charge in [0.2, 0.25) is 0 Å². The Labute approximate surface area is 112 Å². The zero-order valence-electron chi connectivity index (χ0n) is 10.2. The average molecular weight is 254 g/mol. The number of benzene rings is 2. The Bertz CT molecular complexity index is 544. The van der Waals surface area contributed by atoms with Crippen molar-refractivity contribution in [3.8, 4) is 0 Å². The van der Waals surface area contributed by atoms with E-state index in [4.69, 9.17) is 0 Å². The Morgan fingerprint density at radius 3 is 2.06 bits per heavy atom. The summed E-state index contributed by atoms with van der Waals surface area (Å²) < 4.78 is 0. The predicted molar refractivity (Wildman–Crippen MR) is 77.4 cm³/mol. The van der Waals surface area contributed by atoms with Gasteiger partial charge in [-0.2, -0.15) is 0 Å². The van der Waals surface area contributed by atoms with Crippen molar-refractivity contribution in [1.29, 1.82) is 0 Å². The van der Waals surface area contributed by atoms with E-state index in [0.717, 1.165) is 15.4 Å². The van der Waals surface area contributed by atoms with Crippen molar-refractivity contribution in [2.45, 2.75) is 11.8 Å². The molecule has 0 aromatic heterocycles. The summed E-state index contributed by atoms with van der Waals surface area (Å²) >= 11 is 1.50. The summed E-state index contributed by atoms with van der Waals surface area (Å²) in [5.74, 6) is 0.0905. The highest BCUT2D eigenvalue weighted by molar-refractivity contribution is 8.04. The average Bonchev–Trinajstić information content (AvgIpc) is 2.40. The number of rotatable bonds is 4. The molecule has 0 radical (unpaired) electrons. The summed E-state index contributed by atoms with van der Waals surface area (Å²) in [6.45, 7) is 1.60. The maximum Gasteiger partial charge on any atom is 0.166 e. The van der Waals surface area contributed by atoms with E-state index in [1.54, 1.807) is 6.92 Å². The van der Waals surface area contributed by atoms with Crippen LogP contribution in [-0.4, -0.2) is 5.78 Å². The first kappa shape index (κ1) is 12.7. The smallest absolute Gasteiger partial charge is 0.166 e. The van der Waals surface area contributed by atoms with Crippen molar-refractivity contribution in [1.82, 2.24) is 0 Å². The van der Waals surface area contributed by atoms with E-state index in [0.29, 0.717) is 0 Å². The van der Waals surface area contributed by atoms with E-state index >= 15 is 0 Å². The lowest BCUT2D eigenvalue weighted by atomic mass is 10.2. The van der Waals surface area contributed by atoms with Crippen LogP contribution in [0.2, 0.25) is 0 Å². The summed E-state index contributed by atoms with van der Waals surface area (Å²) in [6, 6.07) is 19.8. The predicted octanol–water partition coefficient (Wildman–Crippen LogP) is 4.41. The van der Waals surface area contributed by atoms with Crippen LogP contribution in [0.4, 0.5) is 0 Å². The molecule has 0 atom stereocenters. The summed E-state index contributed by atoms with van der Waals surface area (Å²) in [4.78, 5) is 13.5. The SMILES string of the molecule is CC(=O)C(=Cc1ccccc1)Sc1ccccc1. The molecule has 2 aromatic carbocycles. The maximum atomic E-state index is 11.7. The number of ketones is 1. The Morgan fingerprint density at radius 2 is 1.50 bits per heavy atom.